The van der Waals surface area contributed by atoms with Crippen LogP contribution in [0.5, 0.6) is 0 Å². The second-order valence-electron chi connectivity index (χ2n) is 2.72. The Hall–Kier alpha value is -0.900. The zero-order chi connectivity index (χ0) is 9.52. The molecule has 0 atom stereocenters. The van der Waals surface area contributed by atoms with Crippen molar-refractivity contribution in [2.75, 3.05) is 6.61 Å². The lowest BCUT2D eigenvalue weighted by molar-refractivity contribution is -0.692. The Kier molecular flexibility index (Phi) is 4.46. The third kappa shape index (κ3) is 4.03. The molecule has 0 spiro atoms. The summed E-state index contributed by atoms with van der Waals surface area (Å²) >= 11 is 1.69. The third-order valence-corrected chi connectivity index (χ3v) is 2.34. The summed E-state index contributed by atoms with van der Waals surface area (Å²) in [5.74, 6) is 0.401. The van der Waals surface area contributed by atoms with Gasteiger partial charge in [-0.25, -0.2) is 0 Å². The highest BCUT2D eigenvalue weighted by atomic mass is 32.1. The zero-order valence-corrected chi connectivity index (χ0v) is 8.64. The summed E-state index contributed by atoms with van der Waals surface area (Å²) in [6, 6.07) is 0. The fourth-order valence-corrected chi connectivity index (χ4v) is 1.69. The minimum Gasteiger partial charge on any atom is -0.481 e. The van der Waals surface area contributed by atoms with E-state index in [9.17, 15) is 0 Å². The number of hydrogen-bond acceptors (Lipinski definition) is 3. The largest absolute Gasteiger partial charge is 0.481 e. The number of hydrogen-bond donors (Lipinski definition) is 1. The van der Waals surface area contributed by atoms with Crippen molar-refractivity contribution in [3.8, 4) is 0 Å². The van der Waals surface area contributed by atoms with E-state index in [1.165, 1.54) is 0 Å². The molecular weight excluding hydrogens is 184 g/mol. The van der Waals surface area contributed by atoms with Crippen LogP contribution in [0.4, 0.5) is 0 Å². The van der Waals surface area contributed by atoms with Crippen molar-refractivity contribution in [3.05, 3.63) is 17.1 Å². The van der Waals surface area contributed by atoms with Crippen molar-refractivity contribution < 1.29 is 9.30 Å². The maximum atomic E-state index is 7.39. The van der Waals surface area contributed by atoms with Crippen molar-refractivity contribution in [1.29, 1.82) is 5.41 Å². The molecule has 0 amide bonds. The lowest BCUT2D eigenvalue weighted by atomic mass is 10.3. The predicted molar refractivity (Wildman–Crippen MR) is 53.1 cm³/mol. The molecular formula is C9H15N2OS+. The van der Waals surface area contributed by atoms with Gasteiger partial charge >= 0.3 is 0 Å². The number of aromatic nitrogens is 1. The van der Waals surface area contributed by atoms with E-state index in [-0.39, 0.29) is 0 Å². The van der Waals surface area contributed by atoms with Crippen LogP contribution in [0.3, 0.4) is 0 Å². The van der Waals surface area contributed by atoms with E-state index in [1.54, 1.807) is 11.3 Å². The molecule has 1 heterocycles. The Morgan fingerprint density at radius 2 is 2.46 bits per heavy atom. The molecule has 0 aliphatic rings. The van der Waals surface area contributed by atoms with Gasteiger partial charge in [0.1, 0.15) is 6.54 Å². The van der Waals surface area contributed by atoms with E-state index >= 15 is 0 Å². The molecule has 0 unspecified atom stereocenters. The third-order valence-electron chi connectivity index (χ3n) is 1.67. The number of nitrogens with zero attached hydrogens (tertiary/aromatic N) is 1. The first-order valence-electron chi connectivity index (χ1n) is 4.44. The highest BCUT2D eigenvalue weighted by Crippen LogP contribution is 1.95. The minimum atomic E-state index is 0.401. The predicted octanol–water partition coefficient (Wildman–Crippen LogP) is 1.83. The molecule has 0 fully saturated rings. The first kappa shape index (κ1) is 10.2. The van der Waals surface area contributed by atoms with Crippen molar-refractivity contribution in [1.82, 2.24) is 0 Å². The average molecular weight is 199 g/mol. The van der Waals surface area contributed by atoms with Gasteiger partial charge in [0.05, 0.1) is 12.0 Å². The molecule has 0 bridgehead atoms. The van der Waals surface area contributed by atoms with Gasteiger partial charge in [-0.1, -0.05) is 11.3 Å². The molecule has 1 aromatic heterocycles. The summed E-state index contributed by atoms with van der Waals surface area (Å²) in [6.07, 6.45) is 3.76. The monoisotopic (exact) mass is 199 g/mol. The van der Waals surface area contributed by atoms with Gasteiger partial charge in [0.25, 0.3) is 0 Å². The minimum absolute atomic E-state index is 0.401. The van der Waals surface area contributed by atoms with Crippen LogP contribution in [0.2, 0.25) is 0 Å². The standard InChI is InChI=1S/C9H15N2OS/c1-2-12-9(10)4-3-5-11-6-7-13-8-11/h6-8,10H,2-5H2,1H3/q+1. The summed E-state index contributed by atoms with van der Waals surface area (Å²) < 4.78 is 7.17. The molecule has 0 saturated heterocycles. The van der Waals surface area contributed by atoms with Crippen LogP contribution in [0.25, 0.3) is 0 Å². The Bertz CT molecular complexity index is 246. The first-order chi connectivity index (χ1) is 6.33. The Morgan fingerprint density at radius 3 is 3.08 bits per heavy atom. The molecule has 1 rings (SSSR count). The summed E-state index contributed by atoms with van der Waals surface area (Å²) in [5.41, 5.74) is 2.07. The van der Waals surface area contributed by atoms with Gasteiger partial charge in [-0.2, -0.15) is 4.57 Å². The summed E-state index contributed by atoms with van der Waals surface area (Å²) in [7, 11) is 0. The molecule has 0 aromatic carbocycles. The normalized spacial score (nSPS) is 9.92. The van der Waals surface area contributed by atoms with Gasteiger partial charge in [-0.05, 0) is 6.92 Å². The summed E-state index contributed by atoms with van der Waals surface area (Å²) in [4.78, 5) is 0. The van der Waals surface area contributed by atoms with Crippen molar-refractivity contribution in [2.24, 2.45) is 0 Å². The summed E-state index contributed by atoms with van der Waals surface area (Å²) in [6.45, 7) is 3.48. The lowest BCUT2D eigenvalue weighted by Crippen LogP contribution is -2.30. The van der Waals surface area contributed by atoms with E-state index in [0.29, 0.717) is 12.5 Å². The Labute approximate surface area is 82.5 Å². The van der Waals surface area contributed by atoms with Gasteiger partial charge in [-0.15, -0.1) is 0 Å². The fourth-order valence-electron chi connectivity index (χ4n) is 1.06. The maximum absolute atomic E-state index is 7.39. The smallest absolute Gasteiger partial charge is 0.224 e. The number of rotatable bonds is 5. The lowest BCUT2D eigenvalue weighted by Gasteiger charge is -2.01. The van der Waals surface area contributed by atoms with Gasteiger partial charge in [0.15, 0.2) is 12.1 Å². The van der Waals surface area contributed by atoms with Crippen LogP contribution >= 0.6 is 11.3 Å². The molecule has 13 heavy (non-hydrogen) atoms. The van der Waals surface area contributed by atoms with Gasteiger partial charge < -0.3 is 4.74 Å². The van der Waals surface area contributed by atoms with Crippen LogP contribution in [0.15, 0.2) is 17.1 Å². The SMILES string of the molecule is CCOC(=N)CCC[n+]1ccsc1. The Balaban J connectivity index is 2.11. The Morgan fingerprint density at radius 1 is 1.62 bits per heavy atom. The van der Waals surface area contributed by atoms with E-state index < -0.39 is 0 Å². The van der Waals surface area contributed by atoms with Crippen LogP contribution in [0.1, 0.15) is 19.8 Å². The van der Waals surface area contributed by atoms with Crippen molar-refractivity contribution in [2.45, 2.75) is 26.3 Å². The van der Waals surface area contributed by atoms with E-state index in [4.69, 9.17) is 10.1 Å². The van der Waals surface area contributed by atoms with Gasteiger partial charge in [0, 0.05) is 12.8 Å². The van der Waals surface area contributed by atoms with Crippen molar-refractivity contribution >= 4 is 17.2 Å². The molecule has 0 aliphatic heterocycles. The van der Waals surface area contributed by atoms with Crippen molar-refractivity contribution in [3.63, 3.8) is 0 Å². The molecule has 1 aromatic rings. The molecule has 1 N–H and O–H groups in total. The van der Waals surface area contributed by atoms with E-state index in [2.05, 4.69) is 16.3 Å². The first-order valence-corrected chi connectivity index (χ1v) is 5.38. The van der Waals surface area contributed by atoms with Gasteiger partial charge in [0.2, 0.25) is 5.51 Å². The molecule has 72 valence electrons. The molecule has 3 nitrogen and oxygen atoms in total. The van der Waals surface area contributed by atoms with Gasteiger partial charge in [-0.3, -0.25) is 5.41 Å². The maximum Gasteiger partial charge on any atom is 0.224 e. The molecule has 0 radical (unpaired) electrons. The van der Waals surface area contributed by atoms with Crippen LogP contribution < -0.4 is 4.57 Å². The second kappa shape index (κ2) is 5.70. The van der Waals surface area contributed by atoms with E-state index in [1.807, 2.05) is 12.3 Å². The number of ether oxygens (including phenoxy) is 1. The zero-order valence-electron chi connectivity index (χ0n) is 7.82. The number of thiazole rings is 1. The molecule has 0 aliphatic carbocycles. The summed E-state index contributed by atoms with van der Waals surface area (Å²) in [5, 5.41) is 9.44. The number of nitrogens with one attached hydrogen (secondary N) is 1. The second-order valence-corrected chi connectivity index (χ2v) is 3.48. The van der Waals surface area contributed by atoms with Crippen LogP contribution in [-0.2, 0) is 11.3 Å². The quantitative estimate of drug-likeness (QED) is 0.438. The molecule has 0 saturated carbocycles. The number of aryl methyl sites for hydroxylation is 1. The highest BCUT2D eigenvalue weighted by Gasteiger charge is 2.02. The fraction of sp³-hybridized carbons (Fsp3) is 0.556. The highest BCUT2D eigenvalue weighted by molar-refractivity contribution is 7.07. The molecule has 4 heteroatoms. The van der Waals surface area contributed by atoms with Crippen LogP contribution in [0, 0.1) is 5.41 Å². The van der Waals surface area contributed by atoms with E-state index in [0.717, 1.165) is 19.4 Å². The topological polar surface area (TPSA) is 37.0 Å². The van der Waals surface area contributed by atoms with Crippen LogP contribution in [-0.4, -0.2) is 12.5 Å². The average Bonchev–Trinajstić information content (AvgIpc) is 2.57.